The van der Waals surface area contributed by atoms with Crippen molar-refractivity contribution < 1.29 is 43.9 Å². The number of benzene rings is 1. The summed E-state index contributed by atoms with van der Waals surface area (Å²) >= 11 is 4.46. The molecule has 0 heterocycles. The highest BCUT2D eigenvalue weighted by Gasteiger charge is 2.77. The molecule has 0 radical (unpaired) electrons. The number of anilines is 1. The van der Waals surface area contributed by atoms with Gasteiger partial charge in [-0.05, 0) is 24.4 Å². The number of hydrogen-bond donors (Lipinski definition) is 3. The van der Waals surface area contributed by atoms with Gasteiger partial charge in [-0.1, -0.05) is 0 Å². The SMILES string of the molecule is N/C(=N\NC(=S)Nc1ccc(F)c(F)c1)C(F)(F)C(F)(F)C(F)(F)C(F)F. The van der Waals surface area contributed by atoms with Crippen molar-refractivity contribution in [3.8, 4) is 0 Å². The number of thiocarbonyl (C=S) groups is 1. The van der Waals surface area contributed by atoms with Crippen LogP contribution in [-0.4, -0.2) is 35.1 Å². The van der Waals surface area contributed by atoms with Crippen molar-refractivity contribution in [3.63, 3.8) is 0 Å². The van der Waals surface area contributed by atoms with Crippen LogP contribution in [0.5, 0.6) is 0 Å². The third kappa shape index (κ3) is 4.51. The number of alkyl halides is 8. The molecule has 4 N–H and O–H groups in total. The van der Waals surface area contributed by atoms with Crippen LogP contribution in [0.25, 0.3) is 0 Å². The monoisotopic (exact) mass is 430 g/mol. The first-order chi connectivity index (χ1) is 12.1. The third-order valence-corrected chi connectivity index (χ3v) is 3.06. The van der Waals surface area contributed by atoms with Crippen LogP contribution >= 0.6 is 12.2 Å². The van der Waals surface area contributed by atoms with E-state index in [1.165, 1.54) is 5.43 Å². The molecule has 1 rings (SSSR count). The molecule has 4 nitrogen and oxygen atoms in total. The van der Waals surface area contributed by atoms with Crippen LogP contribution < -0.4 is 16.5 Å². The quantitative estimate of drug-likeness (QED) is 0.212. The van der Waals surface area contributed by atoms with Gasteiger partial charge >= 0.3 is 24.2 Å². The van der Waals surface area contributed by atoms with Gasteiger partial charge in [0.1, 0.15) is 0 Å². The second kappa shape index (κ2) is 7.74. The van der Waals surface area contributed by atoms with Gasteiger partial charge in [-0.2, -0.15) is 31.4 Å². The molecule has 0 aliphatic carbocycles. The maximum atomic E-state index is 13.4. The van der Waals surface area contributed by atoms with Crippen molar-refractivity contribution in [3.05, 3.63) is 29.8 Å². The Labute approximate surface area is 149 Å². The molecule has 0 saturated carbocycles. The lowest BCUT2D eigenvalue weighted by Gasteiger charge is -2.31. The topological polar surface area (TPSA) is 62.4 Å². The molecule has 1 aromatic rings. The zero-order valence-corrected chi connectivity index (χ0v) is 13.3. The van der Waals surface area contributed by atoms with Gasteiger partial charge in [-0.3, -0.25) is 5.43 Å². The third-order valence-electron chi connectivity index (χ3n) is 2.86. The summed E-state index contributed by atoms with van der Waals surface area (Å²) in [6, 6.07) is 2.16. The minimum atomic E-state index is -6.58. The molecule has 27 heavy (non-hydrogen) atoms. The minimum absolute atomic E-state index is 0.235. The Kier molecular flexibility index (Phi) is 6.51. The Balaban J connectivity index is 2.93. The largest absolute Gasteiger partial charge is 0.385 e. The normalized spacial score (nSPS) is 13.7. The van der Waals surface area contributed by atoms with Gasteiger partial charge < -0.3 is 11.1 Å². The van der Waals surface area contributed by atoms with Gasteiger partial charge in [-0.15, -0.1) is 0 Å². The summed E-state index contributed by atoms with van der Waals surface area (Å²) in [6.45, 7) is 0. The molecule has 0 bridgehead atoms. The van der Waals surface area contributed by atoms with Crippen LogP contribution in [0.2, 0.25) is 0 Å². The molecule has 0 aromatic heterocycles. The number of nitrogens with zero attached hydrogens (tertiary/aromatic N) is 1. The highest BCUT2D eigenvalue weighted by atomic mass is 32.1. The molecular formula is C12H8F10N4S. The van der Waals surface area contributed by atoms with Crippen LogP contribution in [0, 0.1) is 11.6 Å². The molecule has 0 unspecified atom stereocenters. The van der Waals surface area contributed by atoms with Crippen LogP contribution in [-0.2, 0) is 0 Å². The number of hydrogen-bond acceptors (Lipinski definition) is 2. The lowest BCUT2D eigenvalue weighted by molar-refractivity contribution is -0.319. The molecule has 0 atom stereocenters. The van der Waals surface area contributed by atoms with E-state index < -0.39 is 46.8 Å². The molecule has 0 aliphatic rings. The summed E-state index contributed by atoms with van der Waals surface area (Å²) in [7, 11) is 0. The standard InChI is InChI=1S/C12H8F10N4S/c13-5-2-1-4(3-6(5)14)24-9(27)26-25-8(23)11(19,20)12(21,22)10(17,18)7(15)16/h1-3,7H,(H2,23,25)(H2,24,26,27). The Morgan fingerprint density at radius 1 is 1.04 bits per heavy atom. The fourth-order valence-corrected chi connectivity index (χ4v) is 1.58. The molecule has 0 fully saturated rings. The average Bonchev–Trinajstić information content (AvgIpc) is 2.55. The molecule has 0 aliphatic heterocycles. The summed E-state index contributed by atoms with van der Waals surface area (Å²) in [4.78, 5) is 0. The second-order valence-electron chi connectivity index (χ2n) is 4.76. The predicted molar refractivity (Wildman–Crippen MR) is 78.2 cm³/mol. The van der Waals surface area contributed by atoms with Crippen molar-refractivity contribution in [1.82, 2.24) is 5.43 Å². The van der Waals surface area contributed by atoms with Gasteiger partial charge in [0.25, 0.3) is 0 Å². The lowest BCUT2D eigenvalue weighted by atomic mass is 10.0. The van der Waals surface area contributed by atoms with Crippen molar-refractivity contribution in [2.45, 2.75) is 24.2 Å². The lowest BCUT2D eigenvalue weighted by Crippen LogP contribution is -2.62. The molecule has 152 valence electrons. The maximum Gasteiger partial charge on any atom is 0.385 e. The van der Waals surface area contributed by atoms with Gasteiger partial charge in [0, 0.05) is 11.8 Å². The summed E-state index contributed by atoms with van der Waals surface area (Å²) in [5.41, 5.74) is 5.71. The first-order valence-electron chi connectivity index (χ1n) is 6.42. The summed E-state index contributed by atoms with van der Waals surface area (Å²) < 4.78 is 128. The Morgan fingerprint density at radius 2 is 1.59 bits per heavy atom. The Bertz CT molecular complexity index is 737. The predicted octanol–water partition coefficient (Wildman–Crippen LogP) is 3.69. The van der Waals surface area contributed by atoms with E-state index in [1.54, 1.807) is 0 Å². The number of rotatable bonds is 6. The van der Waals surface area contributed by atoms with Crippen LogP contribution in [0.1, 0.15) is 0 Å². The van der Waals surface area contributed by atoms with E-state index >= 15 is 0 Å². The van der Waals surface area contributed by atoms with Gasteiger partial charge in [-0.25, -0.2) is 17.6 Å². The van der Waals surface area contributed by atoms with Crippen molar-refractivity contribution in [2.24, 2.45) is 10.8 Å². The van der Waals surface area contributed by atoms with Crippen molar-refractivity contribution in [2.75, 3.05) is 5.32 Å². The van der Waals surface area contributed by atoms with Crippen molar-refractivity contribution >= 4 is 28.9 Å². The number of halogens is 10. The fraction of sp³-hybridized carbons (Fsp3) is 0.333. The molecule has 0 saturated heterocycles. The summed E-state index contributed by atoms with van der Waals surface area (Å²) in [6.07, 6.45) is -5.12. The Hall–Kier alpha value is -2.32. The molecular weight excluding hydrogens is 422 g/mol. The van der Waals surface area contributed by atoms with E-state index in [1.807, 2.05) is 0 Å². The smallest absolute Gasteiger partial charge is 0.380 e. The summed E-state index contributed by atoms with van der Waals surface area (Å²) in [5, 5.41) is 3.72. The number of nitrogens with one attached hydrogen (secondary N) is 2. The fourth-order valence-electron chi connectivity index (χ4n) is 1.42. The molecule has 1 aromatic carbocycles. The highest BCUT2D eigenvalue weighted by molar-refractivity contribution is 7.80. The number of amidine groups is 1. The Morgan fingerprint density at radius 3 is 2.07 bits per heavy atom. The van der Waals surface area contributed by atoms with E-state index in [0.717, 1.165) is 6.07 Å². The molecule has 15 heteroatoms. The van der Waals surface area contributed by atoms with Gasteiger partial charge in [0.2, 0.25) is 0 Å². The van der Waals surface area contributed by atoms with Gasteiger partial charge in [0.15, 0.2) is 22.6 Å². The van der Waals surface area contributed by atoms with Crippen LogP contribution in [0.4, 0.5) is 49.6 Å². The van der Waals surface area contributed by atoms with Gasteiger partial charge in [0.05, 0.1) is 0 Å². The first kappa shape index (κ1) is 22.7. The number of hydrazone groups is 1. The van der Waals surface area contributed by atoms with E-state index in [4.69, 9.17) is 0 Å². The highest BCUT2D eigenvalue weighted by Crippen LogP contribution is 2.48. The average molecular weight is 430 g/mol. The zero-order chi connectivity index (χ0) is 21.2. The van der Waals surface area contributed by atoms with E-state index in [2.05, 4.69) is 28.4 Å². The van der Waals surface area contributed by atoms with E-state index in [9.17, 15) is 43.9 Å². The van der Waals surface area contributed by atoms with Crippen LogP contribution in [0.3, 0.4) is 0 Å². The minimum Gasteiger partial charge on any atom is -0.380 e. The number of nitrogens with two attached hydrogens (primary N) is 1. The van der Waals surface area contributed by atoms with Crippen LogP contribution in [0.15, 0.2) is 23.3 Å². The van der Waals surface area contributed by atoms with Crippen molar-refractivity contribution in [1.29, 1.82) is 0 Å². The molecule has 0 amide bonds. The first-order valence-corrected chi connectivity index (χ1v) is 6.82. The van der Waals surface area contributed by atoms with E-state index in [-0.39, 0.29) is 5.69 Å². The molecule has 0 spiro atoms. The summed E-state index contributed by atoms with van der Waals surface area (Å²) in [5.74, 6) is -24.0. The maximum absolute atomic E-state index is 13.4. The van der Waals surface area contributed by atoms with E-state index in [0.29, 0.717) is 12.1 Å². The second-order valence-corrected chi connectivity index (χ2v) is 5.17. The zero-order valence-electron chi connectivity index (χ0n) is 12.5.